The van der Waals surface area contributed by atoms with Crippen LogP contribution in [0.3, 0.4) is 0 Å². The quantitative estimate of drug-likeness (QED) is 0.770. The van der Waals surface area contributed by atoms with Crippen LogP contribution in [-0.4, -0.2) is 18.2 Å². The maximum Gasteiger partial charge on any atom is 0.264 e. The molecule has 1 rings (SSSR count). The summed E-state index contributed by atoms with van der Waals surface area (Å²) in [5, 5.41) is 4.17. The Balaban J connectivity index is 3.15. The van der Waals surface area contributed by atoms with E-state index in [1.165, 1.54) is 0 Å². The predicted molar refractivity (Wildman–Crippen MR) is 59.6 cm³/mol. The van der Waals surface area contributed by atoms with Crippen molar-refractivity contribution in [2.75, 3.05) is 0 Å². The molecule has 4 nitrogen and oxygen atoms in total. The number of aryl methyl sites for hydroxylation is 2. The topological polar surface area (TPSA) is 52.0 Å². The monoisotopic (exact) mass is 250 g/mol. The molecule has 0 spiro atoms. The van der Waals surface area contributed by atoms with Gasteiger partial charge in [-0.05, 0) is 20.3 Å². The third kappa shape index (κ3) is 2.72. The van der Waals surface area contributed by atoms with Crippen LogP contribution in [0.5, 0.6) is 0 Å². The van der Waals surface area contributed by atoms with E-state index < -0.39 is 9.05 Å². The van der Waals surface area contributed by atoms with Gasteiger partial charge < -0.3 is 0 Å². The fourth-order valence-electron chi connectivity index (χ4n) is 1.56. The summed E-state index contributed by atoms with van der Waals surface area (Å²) in [7, 11) is 1.66. The average Bonchev–Trinajstić information content (AvgIpc) is 2.36. The van der Waals surface area contributed by atoms with Gasteiger partial charge in [0.2, 0.25) is 0 Å². The Kier molecular flexibility index (Phi) is 3.78. The summed E-state index contributed by atoms with van der Waals surface area (Å²) in [6.45, 7) is 6.19. The molecule has 0 unspecified atom stereocenters. The fraction of sp³-hybridized carbons (Fsp3) is 0.667. The van der Waals surface area contributed by atoms with Crippen molar-refractivity contribution in [3.05, 3.63) is 11.4 Å². The van der Waals surface area contributed by atoms with Gasteiger partial charge in [0.1, 0.15) is 4.90 Å². The highest BCUT2D eigenvalue weighted by Crippen LogP contribution is 2.23. The minimum Gasteiger partial charge on any atom is -0.268 e. The van der Waals surface area contributed by atoms with Gasteiger partial charge in [0.15, 0.2) is 0 Å². The minimum absolute atomic E-state index is 0.153. The lowest BCUT2D eigenvalue weighted by Crippen LogP contribution is -2.03. The molecule has 0 aliphatic rings. The third-order valence-electron chi connectivity index (χ3n) is 2.28. The van der Waals surface area contributed by atoms with Gasteiger partial charge in [-0.15, -0.1) is 0 Å². The number of hydrogen-bond acceptors (Lipinski definition) is 3. The Hall–Kier alpha value is -0.550. The Bertz CT molecular complexity index is 451. The van der Waals surface area contributed by atoms with Crippen LogP contribution >= 0.6 is 10.7 Å². The fourth-order valence-corrected chi connectivity index (χ4v) is 3.08. The average molecular weight is 251 g/mol. The zero-order valence-corrected chi connectivity index (χ0v) is 10.7. The predicted octanol–water partition coefficient (Wildman–Crippen LogP) is 2.23. The van der Waals surface area contributed by atoms with Crippen molar-refractivity contribution < 1.29 is 8.42 Å². The first-order chi connectivity index (χ1) is 6.88. The number of rotatable bonds is 4. The van der Waals surface area contributed by atoms with Gasteiger partial charge in [-0.25, -0.2) is 8.42 Å². The maximum atomic E-state index is 11.3. The number of nitrogens with zero attached hydrogens (tertiary/aromatic N) is 2. The van der Waals surface area contributed by atoms with Crippen molar-refractivity contribution in [3.63, 3.8) is 0 Å². The molecular formula is C9H15ClN2O2S. The highest BCUT2D eigenvalue weighted by Gasteiger charge is 2.21. The first-order valence-corrected chi connectivity index (χ1v) is 7.17. The Morgan fingerprint density at radius 3 is 2.40 bits per heavy atom. The van der Waals surface area contributed by atoms with Crippen LogP contribution < -0.4 is 0 Å². The summed E-state index contributed by atoms with van der Waals surface area (Å²) >= 11 is 0. The second-order valence-electron chi connectivity index (χ2n) is 3.51. The van der Waals surface area contributed by atoms with E-state index in [1.807, 2.05) is 0 Å². The standard InChI is InChI=1S/C9H15ClN2O2S/c1-4-5-6-12-8(3)9(7(2)11-12)15(10,13)14/h4-6H2,1-3H3. The Morgan fingerprint density at radius 2 is 2.00 bits per heavy atom. The molecule has 0 aromatic carbocycles. The van der Waals surface area contributed by atoms with Gasteiger partial charge in [0.05, 0.1) is 11.4 Å². The molecule has 6 heteroatoms. The molecule has 0 N–H and O–H groups in total. The molecule has 15 heavy (non-hydrogen) atoms. The Labute approximate surface area is 94.7 Å². The minimum atomic E-state index is -3.68. The van der Waals surface area contributed by atoms with Crippen molar-refractivity contribution in [3.8, 4) is 0 Å². The van der Waals surface area contributed by atoms with Crippen LogP contribution in [0.4, 0.5) is 0 Å². The van der Waals surface area contributed by atoms with Crippen molar-refractivity contribution in [2.45, 2.75) is 45.1 Å². The second kappa shape index (κ2) is 4.53. The largest absolute Gasteiger partial charge is 0.268 e. The van der Waals surface area contributed by atoms with Crippen molar-refractivity contribution in [1.82, 2.24) is 9.78 Å². The van der Waals surface area contributed by atoms with Crippen molar-refractivity contribution in [1.29, 1.82) is 0 Å². The maximum absolute atomic E-state index is 11.3. The molecule has 86 valence electrons. The SMILES string of the molecule is CCCCn1nc(C)c(S(=O)(=O)Cl)c1C. The number of aromatic nitrogens is 2. The normalized spacial score (nSPS) is 12.0. The highest BCUT2D eigenvalue weighted by atomic mass is 35.7. The molecule has 0 atom stereocenters. The van der Waals surface area contributed by atoms with Gasteiger partial charge in [0.25, 0.3) is 9.05 Å². The summed E-state index contributed by atoms with van der Waals surface area (Å²) < 4.78 is 24.3. The molecule has 0 aliphatic heterocycles. The van der Waals surface area contributed by atoms with Crippen molar-refractivity contribution >= 4 is 19.7 Å². The molecule has 1 heterocycles. The summed E-state index contributed by atoms with van der Waals surface area (Å²) in [6.07, 6.45) is 2.02. The van der Waals surface area contributed by atoms with E-state index in [0.29, 0.717) is 11.4 Å². The molecule has 0 saturated carbocycles. The molecule has 0 aliphatic carbocycles. The van der Waals surface area contributed by atoms with Crippen LogP contribution in [0.25, 0.3) is 0 Å². The molecule has 0 radical (unpaired) electrons. The Morgan fingerprint density at radius 1 is 1.40 bits per heavy atom. The lowest BCUT2D eigenvalue weighted by molar-refractivity contribution is 0.554. The highest BCUT2D eigenvalue weighted by molar-refractivity contribution is 8.13. The molecule has 1 aromatic rings. The molecule has 0 fully saturated rings. The van der Waals surface area contributed by atoms with Gasteiger partial charge in [-0.1, -0.05) is 13.3 Å². The van der Waals surface area contributed by atoms with Gasteiger partial charge in [-0.3, -0.25) is 4.68 Å². The molecule has 1 aromatic heterocycles. The van der Waals surface area contributed by atoms with E-state index in [9.17, 15) is 8.42 Å². The molecular weight excluding hydrogens is 236 g/mol. The van der Waals surface area contributed by atoms with Gasteiger partial charge in [-0.2, -0.15) is 5.10 Å². The first kappa shape index (κ1) is 12.5. The summed E-state index contributed by atoms with van der Waals surface area (Å²) in [5.41, 5.74) is 1.09. The molecule has 0 amide bonds. The van der Waals surface area contributed by atoms with Crippen molar-refractivity contribution in [2.24, 2.45) is 0 Å². The zero-order valence-electron chi connectivity index (χ0n) is 9.12. The van der Waals surface area contributed by atoms with Gasteiger partial charge in [0, 0.05) is 17.2 Å². The van der Waals surface area contributed by atoms with Crippen LogP contribution in [-0.2, 0) is 15.6 Å². The number of unbranched alkanes of at least 4 members (excludes halogenated alkanes) is 1. The van der Waals surface area contributed by atoms with E-state index >= 15 is 0 Å². The lowest BCUT2D eigenvalue weighted by atomic mass is 10.3. The van der Waals surface area contributed by atoms with Crippen LogP contribution in [0, 0.1) is 13.8 Å². The van der Waals surface area contributed by atoms with Crippen LogP contribution in [0.15, 0.2) is 4.90 Å². The van der Waals surface area contributed by atoms with E-state index in [0.717, 1.165) is 19.4 Å². The number of hydrogen-bond donors (Lipinski definition) is 0. The van der Waals surface area contributed by atoms with E-state index in [-0.39, 0.29) is 4.90 Å². The smallest absolute Gasteiger partial charge is 0.264 e. The number of halogens is 1. The molecule has 0 saturated heterocycles. The third-order valence-corrected chi connectivity index (χ3v) is 3.82. The first-order valence-electron chi connectivity index (χ1n) is 4.86. The second-order valence-corrected chi connectivity index (χ2v) is 6.02. The van der Waals surface area contributed by atoms with Crippen LogP contribution in [0.2, 0.25) is 0 Å². The van der Waals surface area contributed by atoms with Crippen LogP contribution in [0.1, 0.15) is 31.2 Å². The van der Waals surface area contributed by atoms with E-state index in [2.05, 4.69) is 12.0 Å². The summed E-state index contributed by atoms with van der Waals surface area (Å²) in [5.74, 6) is 0. The summed E-state index contributed by atoms with van der Waals surface area (Å²) in [4.78, 5) is 0.153. The van der Waals surface area contributed by atoms with Gasteiger partial charge >= 0.3 is 0 Å². The lowest BCUT2D eigenvalue weighted by Gasteiger charge is -2.02. The molecule has 0 bridgehead atoms. The van der Waals surface area contributed by atoms with E-state index in [1.54, 1.807) is 18.5 Å². The summed E-state index contributed by atoms with van der Waals surface area (Å²) in [6, 6.07) is 0. The van der Waals surface area contributed by atoms with E-state index in [4.69, 9.17) is 10.7 Å². The zero-order chi connectivity index (χ0) is 11.6.